The molecular formula is C92H74N10O24S4. The number of benzene rings is 12. The molecule has 0 fully saturated rings. The summed E-state index contributed by atoms with van der Waals surface area (Å²) >= 11 is 3.13. The van der Waals surface area contributed by atoms with E-state index in [1.807, 2.05) is 73.7 Å². The number of aryl methyl sites for hydroxylation is 2. The van der Waals surface area contributed by atoms with E-state index in [9.17, 15) is 37.1 Å². The van der Waals surface area contributed by atoms with Gasteiger partial charge < -0.3 is 56.0 Å². The molecule has 34 nitrogen and oxygen atoms in total. The first kappa shape index (κ1) is 94.4. The number of hydrogen-bond acceptors (Lipinski definition) is 34. The maximum absolute atomic E-state index is 13.2. The van der Waals surface area contributed by atoms with Crippen molar-refractivity contribution in [1.82, 2.24) is 40.6 Å². The highest BCUT2D eigenvalue weighted by molar-refractivity contribution is 7.99. The topological polar surface area (TPSA) is 452 Å². The second-order valence-corrected chi connectivity index (χ2v) is 32.5. The van der Waals surface area contributed by atoms with E-state index in [0.29, 0.717) is 91.9 Å². The number of ether oxygens (including phenoxy) is 8. The normalized spacial score (nSPS) is 10.6. The molecule has 12 aromatic carbocycles. The van der Waals surface area contributed by atoms with Gasteiger partial charge in [0.05, 0.1) is 109 Å². The Morgan fingerprint density at radius 1 is 0.308 bits per heavy atom. The van der Waals surface area contributed by atoms with Crippen LogP contribution in [0.5, 0.6) is 46.0 Å². The number of nitro groups is 2. The molecule has 0 radical (unpaired) electrons. The second-order valence-electron chi connectivity index (χ2n) is 26.5. The smallest absolute Gasteiger partial charge is 0.373 e. The third-order valence-corrected chi connectivity index (χ3v) is 24.4. The van der Waals surface area contributed by atoms with Crippen molar-refractivity contribution in [3.8, 4) is 137 Å². The lowest BCUT2D eigenvalue weighted by Gasteiger charge is -2.08. The quantitative estimate of drug-likeness (QED) is 0.0359. The van der Waals surface area contributed by atoms with Crippen molar-refractivity contribution >= 4 is 66.9 Å². The van der Waals surface area contributed by atoms with Gasteiger partial charge in [-0.2, -0.15) is 39.1 Å². The molecule has 0 saturated heterocycles. The van der Waals surface area contributed by atoms with Crippen molar-refractivity contribution in [2.45, 2.75) is 53.0 Å². The van der Waals surface area contributed by atoms with Crippen LogP contribution in [-0.4, -0.2) is 136 Å². The lowest BCUT2D eigenvalue weighted by molar-refractivity contribution is -0.385. The van der Waals surface area contributed by atoms with Crippen molar-refractivity contribution in [2.24, 2.45) is 0 Å². The number of methoxy groups -OCH3 is 8. The monoisotopic (exact) mass is 1830 g/mol. The van der Waals surface area contributed by atoms with E-state index >= 15 is 0 Å². The Balaban J connectivity index is 0.000000164. The Morgan fingerprint density at radius 3 is 0.831 bits per heavy atom. The first-order valence-electron chi connectivity index (χ1n) is 38.0. The Hall–Kier alpha value is -16.2. The summed E-state index contributed by atoms with van der Waals surface area (Å²) in [5.41, 5.74) is 7.01. The van der Waals surface area contributed by atoms with E-state index in [0.717, 1.165) is 59.5 Å². The van der Waals surface area contributed by atoms with Gasteiger partial charge in [-0.15, -0.1) is 0 Å². The lowest BCUT2D eigenvalue weighted by Crippen LogP contribution is -2.04. The van der Waals surface area contributed by atoms with Crippen molar-refractivity contribution < 1.29 is 102 Å². The van der Waals surface area contributed by atoms with Crippen molar-refractivity contribution in [2.75, 3.05) is 56.9 Å². The van der Waals surface area contributed by atoms with Gasteiger partial charge in [-0.05, 0) is 184 Å². The first-order valence-corrected chi connectivity index (χ1v) is 42.6. The number of carbonyl (C=O) groups excluding carboxylic acids is 4. The van der Waals surface area contributed by atoms with E-state index < -0.39 is 29.5 Å². The van der Waals surface area contributed by atoms with Crippen LogP contribution in [0.15, 0.2) is 324 Å². The predicted octanol–water partition coefficient (Wildman–Crippen LogP) is 18.9. The average molecular weight is 1830 g/mol. The molecule has 0 spiro atoms. The molecule has 0 amide bonds. The van der Waals surface area contributed by atoms with E-state index in [-0.39, 0.29) is 66.4 Å². The highest BCUT2D eigenvalue weighted by atomic mass is 32.2. The van der Waals surface area contributed by atoms with Gasteiger partial charge in [0, 0.05) is 66.1 Å². The number of nitro benzene ring substituents is 2. The molecule has 38 heteroatoms. The zero-order valence-corrected chi connectivity index (χ0v) is 73.6. The zero-order chi connectivity index (χ0) is 93.0. The number of nitrogens with zero attached hydrogens (tertiary/aromatic N) is 10. The van der Waals surface area contributed by atoms with Gasteiger partial charge in [0.25, 0.3) is 34.9 Å². The summed E-state index contributed by atoms with van der Waals surface area (Å²) in [5, 5.41) is 38.0. The maximum atomic E-state index is 13.2. The van der Waals surface area contributed by atoms with Gasteiger partial charge in [-0.25, -0.2) is 16.8 Å². The summed E-state index contributed by atoms with van der Waals surface area (Å²) < 4.78 is 117. The molecule has 660 valence electrons. The van der Waals surface area contributed by atoms with Crippen LogP contribution in [0.3, 0.4) is 0 Å². The third kappa shape index (κ3) is 23.1. The van der Waals surface area contributed by atoms with E-state index in [1.165, 1.54) is 75.1 Å². The van der Waals surface area contributed by atoms with Gasteiger partial charge in [-0.1, -0.05) is 128 Å². The predicted molar refractivity (Wildman–Crippen MR) is 471 cm³/mol. The summed E-state index contributed by atoms with van der Waals surface area (Å²) in [5.74, 6) is 6.96. The van der Waals surface area contributed by atoms with Crippen LogP contribution in [0.25, 0.3) is 91.4 Å². The van der Waals surface area contributed by atoms with Gasteiger partial charge in [0.15, 0.2) is 46.0 Å². The van der Waals surface area contributed by atoms with Crippen LogP contribution >= 0.6 is 23.5 Å². The number of rotatable bonds is 26. The van der Waals surface area contributed by atoms with Crippen molar-refractivity contribution in [3.63, 3.8) is 0 Å². The Kier molecular flexibility index (Phi) is 32.4. The summed E-state index contributed by atoms with van der Waals surface area (Å²) in [6, 6.07) is 75.7. The zero-order valence-electron chi connectivity index (χ0n) is 70.3. The van der Waals surface area contributed by atoms with Gasteiger partial charge in [-0.3, -0.25) is 20.2 Å². The van der Waals surface area contributed by atoms with Crippen LogP contribution in [0.2, 0.25) is 0 Å². The molecule has 130 heavy (non-hydrogen) atoms. The summed E-state index contributed by atoms with van der Waals surface area (Å²) in [4.78, 5) is 75.3. The summed E-state index contributed by atoms with van der Waals surface area (Å²) in [6.45, 7) is 3.98. The Labute approximate surface area is 750 Å². The number of sulfone groups is 2. The molecule has 0 aliphatic heterocycles. The molecule has 0 bridgehead atoms. The van der Waals surface area contributed by atoms with Crippen molar-refractivity contribution in [1.29, 1.82) is 0 Å². The van der Waals surface area contributed by atoms with Crippen LogP contribution in [0.4, 0.5) is 11.4 Å². The fourth-order valence-electron chi connectivity index (χ4n) is 12.1. The largest absolute Gasteiger partial charge is 0.493 e. The lowest BCUT2D eigenvalue weighted by atomic mass is 10.2. The van der Waals surface area contributed by atoms with Gasteiger partial charge in [0.1, 0.15) is 0 Å². The Morgan fingerprint density at radius 2 is 0.546 bits per heavy atom. The second kappa shape index (κ2) is 44.6. The minimum Gasteiger partial charge on any atom is -0.493 e. The maximum Gasteiger partial charge on any atom is 0.373 e. The van der Waals surface area contributed by atoms with Gasteiger partial charge in [0.2, 0.25) is 43.0 Å². The molecular weight excluding hydrogens is 1760 g/mol. The molecule has 16 rings (SSSR count). The van der Waals surface area contributed by atoms with E-state index in [1.54, 1.807) is 169 Å². The fraction of sp³-hybridized carbons (Fsp3) is 0.109. The van der Waals surface area contributed by atoms with Crippen LogP contribution < -0.4 is 37.9 Å². The Bertz CT molecular complexity index is 6930. The van der Waals surface area contributed by atoms with Crippen LogP contribution in [0, 0.1) is 34.1 Å². The van der Waals surface area contributed by atoms with Crippen LogP contribution in [0.1, 0.15) is 11.1 Å². The molecule has 0 aliphatic carbocycles. The number of hydrogen-bond donors (Lipinski definition) is 0. The minimum absolute atomic E-state index is 0.000807. The molecule has 0 N–H and O–H groups in total. The average Bonchev–Trinajstić information content (AvgIpc) is 1.38. The van der Waals surface area contributed by atoms with Crippen LogP contribution in [-0.2, 0) is 38.9 Å². The molecule has 0 saturated carbocycles. The highest BCUT2D eigenvalue weighted by Crippen LogP contribution is 2.43. The number of non-ortho nitro benzene ring substituents is 2. The summed E-state index contributed by atoms with van der Waals surface area (Å²) in [6.07, 6.45) is 0.500. The highest BCUT2D eigenvalue weighted by Gasteiger charge is 2.29. The van der Waals surface area contributed by atoms with E-state index in [2.05, 4.69) is 77.8 Å². The van der Waals surface area contributed by atoms with Gasteiger partial charge >= 0.3 is 12.3 Å². The molecule has 0 aliphatic rings. The minimum atomic E-state index is -4.02. The molecule has 16 aromatic rings. The molecule has 4 heterocycles. The molecule has 0 unspecified atom stereocenters. The SMILES string of the molecule is COc1ccc(-c2noc(-c3ccccc3S(=O)(=O)c3ccc(C)cc3)n2)cc1OC.COc1ccc(-c2noc(-c3ccccc3S(=O)(=O)c3ccc([N+](=O)[O-])cc3)n2)cc1OC.COc1ccc(-c2noc(-c3ccccc3Sc3ccc(C)cc3)n2)cc1OC.COc1ccc(-c2noc(-c3ccccc3Sc3ccc([N+](=O)[O-])cc3)n2)cc1OC.O=C=O.O=C=O. The third-order valence-electron chi connectivity index (χ3n) is 18.5. The summed E-state index contributed by atoms with van der Waals surface area (Å²) in [7, 11) is 4.65. The molecule has 0 atom stereocenters. The number of aromatic nitrogens is 8. The van der Waals surface area contributed by atoms with Crippen molar-refractivity contribution in [3.05, 3.63) is 298 Å². The van der Waals surface area contributed by atoms with E-state index in [4.69, 9.17) is 75.2 Å². The standard InChI is InChI=1S/C23H20N2O5S.C23H20N2O3S.C22H17N3O7S.C22H17N3O5S.2CO2/c1-15-8-11-17(12-9-15)31(26,27)21-7-5-4-6-18(21)23-24-22(25-30-23)16-10-13-19(28-2)20(14-16)29-3;1-15-8-11-17(12-9-15)29-21-7-5-4-6-18(21)23-24-22(25-28-23)16-10-13-19(26-2)20(14-16)27-3;1-30-18-12-7-14(13-19(18)31-2)21-23-22(32-24-21)17-5-3-4-6-20(17)33(28,29)16-10-8-15(9-11-16)25(26)27;1-28-18-12-7-14(13-19(18)29-2)21-23-22(30-24-21)17-5-3-4-6-20(17)31-16-10-8-15(9-11-16)25(26)27;2*2-1-3/h4-14H,1-3H3;4-14H,1-3H3;3-13H,1-2H3;3-13H,1-2H3;;. The fourth-order valence-corrected chi connectivity index (χ4v) is 16.9. The molecule has 4 aromatic heterocycles. The first-order chi connectivity index (χ1) is 62.9.